The van der Waals surface area contributed by atoms with Crippen molar-refractivity contribution in [2.75, 3.05) is 0 Å². The third-order valence-corrected chi connectivity index (χ3v) is 2.48. The highest BCUT2D eigenvalue weighted by atomic mass is 14.6. The maximum Gasteiger partial charge on any atom is 0.0297 e. The molecule has 12 heavy (non-hydrogen) atoms. The van der Waals surface area contributed by atoms with Crippen molar-refractivity contribution in [2.24, 2.45) is 5.73 Å². The zero-order valence-electron chi connectivity index (χ0n) is 8.14. The minimum absolute atomic E-state index is 0.304. The number of hydrogen-bond donors (Lipinski definition) is 1. The van der Waals surface area contributed by atoms with Crippen molar-refractivity contribution in [3.05, 3.63) is 23.3 Å². The third kappa shape index (κ3) is 2.21. The van der Waals surface area contributed by atoms with E-state index < -0.39 is 0 Å². The smallest absolute Gasteiger partial charge is 0.0297 e. The number of unbranched alkanes of at least 4 members (excludes halogenated alkanes) is 1. The van der Waals surface area contributed by atoms with Crippen LogP contribution in [0.15, 0.2) is 23.3 Å². The van der Waals surface area contributed by atoms with Crippen LogP contribution in [0.2, 0.25) is 0 Å². The second kappa shape index (κ2) is 4.46. The summed E-state index contributed by atoms with van der Waals surface area (Å²) in [5, 5.41) is 0. The van der Waals surface area contributed by atoms with E-state index in [2.05, 4.69) is 26.0 Å². The van der Waals surface area contributed by atoms with Crippen molar-refractivity contribution in [1.82, 2.24) is 0 Å². The van der Waals surface area contributed by atoms with Crippen LogP contribution in [-0.4, -0.2) is 6.04 Å². The van der Waals surface area contributed by atoms with Gasteiger partial charge in [0.1, 0.15) is 0 Å². The number of rotatable bonds is 3. The molecule has 0 bridgehead atoms. The van der Waals surface area contributed by atoms with Gasteiger partial charge in [0, 0.05) is 6.04 Å². The fourth-order valence-electron chi connectivity index (χ4n) is 1.63. The second-order valence-electron chi connectivity index (χ2n) is 3.57. The quantitative estimate of drug-likeness (QED) is 0.683. The lowest BCUT2D eigenvalue weighted by Gasteiger charge is -2.03. The Morgan fingerprint density at radius 3 is 2.83 bits per heavy atom. The van der Waals surface area contributed by atoms with Crippen molar-refractivity contribution in [1.29, 1.82) is 0 Å². The maximum absolute atomic E-state index is 5.94. The molecular formula is C11H19N. The van der Waals surface area contributed by atoms with Gasteiger partial charge in [-0.3, -0.25) is 0 Å². The molecule has 1 atom stereocenters. The number of nitrogens with two attached hydrogens (primary N) is 1. The van der Waals surface area contributed by atoms with Gasteiger partial charge in [0.25, 0.3) is 0 Å². The van der Waals surface area contributed by atoms with Crippen molar-refractivity contribution in [3.8, 4) is 0 Å². The highest BCUT2D eigenvalue weighted by Gasteiger charge is 2.16. The molecule has 0 aromatic rings. The summed E-state index contributed by atoms with van der Waals surface area (Å²) in [6, 6.07) is 0.304. The average Bonchev–Trinajstić information content (AvgIpc) is 2.35. The summed E-state index contributed by atoms with van der Waals surface area (Å²) < 4.78 is 0. The molecule has 0 spiro atoms. The van der Waals surface area contributed by atoms with Gasteiger partial charge in [-0.15, -0.1) is 0 Å². The van der Waals surface area contributed by atoms with E-state index in [1.165, 1.54) is 30.4 Å². The summed E-state index contributed by atoms with van der Waals surface area (Å²) in [6.45, 7) is 4.39. The molecule has 0 radical (unpaired) electrons. The van der Waals surface area contributed by atoms with Gasteiger partial charge < -0.3 is 5.73 Å². The van der Waals surface area contributed by atoms with Crippen LogP contribution in [0.5, 0.6) is 0 Å². The van der Waals surface area contributed by atoms with Crippen molar-refractivity contribution in [3.63, 3.8) is 0 Å². The second-order valence-corrected chi connectivity index (χ2v) is 3.57. The van der Waals surface area contributed by atoms with Crippen LogP contribution < -0.4 is 5.73 Å². The van der Waals surface area contributed by atoms with Gasteiger partial charge >= 0.3 is 0 Å². The molecule has 1 aliphatic carbocycles. The van der Waals surface area contributed by atoms with Crippen LogP contribution >= 0.6 is 0 Å². The molecule has 68 valence electrons. The highest BCUT2D eigenvalue weighted by molar-refractivity contribution is 5.33. The maximum atomic E-state index is 5.94. The van der Waals surface area contributed by atoms with Crippen LogP contribution in [0.4, 0.5) is 0 Å². The normalized spacial score (nSPS) is 24.4. The number of allylic oxidation sites excluding steroid dienone is 2. The first-order valence-electron chi connectivity index (χ1n) is 4.87. The molecular weight excluding hydrogens is 146 g/mol. The van der Waals surface area contributed by atoms with Gasteiger partial charge in [-0.1, -0.05) is 31.1 Å². The topological polar surface area (TPSA) is 26.0 Å². The van der Waals surface area contributed by atoms with Crippen molar-refractivity contribution < 1.29 is 0 Å². The van der Waals surface area contributed by atoms with Crippen LogP contribution in [0.1, 0.15) is 39.5 Å². The molecule has 0 saturated heterocycles. The molecule has 1 nitrogen and oxygen atoms in total. The summed E-state index contributed by atoms with van der Waals surface area (Å²) in [7, 11) is 0. The Bertz CT molecular complexity index is 201. The van der Waals surface area contributed by atoms with Crippen LogP contribution in [-0.2, 0) is 0 Å². The van der Waals surface area contributed by atoms with Crippen LogP contribution in [0.3, 0.4) is 0 Å². The molecule has 0 aromatic carbocycles. The van der Waals surface area contributed by atoms with Gasteiger partial charge in [0.2, 0.25) is 0 Å². The predicted molar refractivity (Wildman–Crippen MR) is 54.0 cm³/mol. The predicted octanol–water partition coefficient (Wildman–Crippen LogP) is 2.78. The van der Waals surface area contributed by atoms with Gasteiger partial charge in [-0.25, -0.2) is 0 Å². The SMILES string of the molecule is CCC/C=C\C1=C(C)CCC1N. The Kier molecular flexibility index (Phi) is 3.54. The van der Waals surface area contributed by atoms with Gasteiger partial charge in [0.15, 0.2) is 0 Å². The largest absolute Gasteiger partial charge is 0.324 e. The first-order chi connectivity index (χ1) is 5.75. The lowest BCUT2D eigenvalue weighted by Crippen LogP contribution is -2.17. The molecule has 1 aliphatic rings. The van der Waals surface area contributed by atoms with Crippen LogP contribution in [0, 0.1) is 0 Å². The Morgan fingerprint density at radius 1 is 1.58 bits per heavy atom. The highest BCUT2D eigenvalue weighted by Crippen LogP contribution is 2.25. The summed E-state index contributed by atoms with van der Waals surface area (Å²) in [5.41, 5.74) is 8.80. The van der Waals surface area contributed by atoms with E-state index >= 15 is 0 Å². The molecule has 1 unspecified atom stereocenters. The minimum Gasteiger partial charge on any atom is -0.324 e. The van der Waals surface area contributed by atoms with E-state index in [9.17, 15) is 0 Å². The zero-order valence-corrected chi connectivity index (χ0v) is 8.14. The van der Waals surface area contributed by atoms with E-state index in [0.29, 0.717) is 6.04 Å². The molecule has 0 saturated carbocycles. The van der Waals surface area contributed by atoms with Crippen molar-refractivity contribution >= 4 is 0 Å². The summed E-state index contributed by atoms with van der Waals surface area (Å²) >= 11 is 0. The standard InChI is InChI=1S/C11H19N/c1-3-4-5-6-10-9(2)7-8-11(10)12/h5-6,11H,3-4,7-8,12H2,1-2H3/b6-5-. The first-order valence-corrected chi connectivity index (χ1v) is 4.87. The van der Waals surface area contributed by atoms with E-state index in [-0.39, 0.29) is 0 Å². The third-order valence-electron chi connectivity index (χ3n) is 2.48. The van der Waals surface area contributed by atoms with E-state index in [4.69, 9.17) is 5.73 Å². The first kappa shape index (κ1) is 9.53. The van der Waals surface area contributed by atoms with E-state index in [1.54, 1.807) is 0 Å². The van der Waals surface area contributed by atoms with Gasteiger partial charge in [-0.2, -0.15) is 0 Å². The monoisotopic (exact) mass is 165 g/mol. The lowest BCUT2D eigenvalue weighted by atomic mass is 10.1. The Balaban J connectivity index is 2.55. The molecule has 2 N–H and O–H groups in total. The van der Waals surface area contributed by atoms with Crippen molar-refractivity contribution in [2.45, 2.75) is 45.6 Å². The minimum atomic E-state index is 0.304. The molecule has 0 heterocycles. The number of hydrogen-bond acceptors (Lipinski definition) is 1. The van der Waals surface area contributed by atoms with Gasteiger partial charge in [-0.05, 0) is 31.8 Å². The summed E-state index contributed by atoms with van der Waals surface area (Å²) in [5.74, 6) is 0. The molecule has 1 heteroatoms. The lowest BCUT2D eigenvalue weighted by molar-refractivity contribution is 0.758. The average molecular weight is 165 g/mol. The molecule has 1 rings (SSSR count). The summed E-state index contributed by atoms with van der Waals surface area (Å²) in [6.07, 6.45) is 9.17. The van der Waals surface area contributed by atoms with E-state index in [0.717, 1.165) is 6.42 Å². The molecule has 0 amide bonds. The molecule has 0 fully saturated rings. The Morgan fingerprint density at radius 2 is 2.33 bits per heavy atom. The summed E-state index contributed by atoms with van der Waals surface area (Å²) in [4.78, 5) is 0. The van der Waals surface area contributed by atoms with Crippen LogP contribution in [0.25, 0.3) is 0 Å². The fraction of sp³-hybridized carbons (Fsp3) is 0.636. The fourth-order valence-corrected chi connectivity index (χ4v) is 1.63. The molecule has 0 aromatic heterocycles. The zero-order chi connectivity index (χ0) is 8.97. The Hall–Kier alpha value is -0.560. The van der Waals surface area contributed by atoms with E-state index in [1.807, 2.05) is 0 Å². The van der Waals surface area contributed by atoms with Gasteiger partial charge in [0.05, 0.1) is 0 Å². The Labute approximate surface area is 75.3 Å². The molecule has 0 aliphatic heterocycles.